The van der Waals surface area contributed by atoms with Crippen LogP contribution in [0.2, 0.25) is 5.02 Å². The number of nitrogens with one attached hydrogen (secondary N) is 2. The molecule has 1 aliphatic rings. The Morgan fingerprint density at radius 3 is 2.12 bits per heavy atom. The summed E-state index contributed by atoms with van der Waals surface area (Å²) < 4.78 is 0. The van der Waals surface area contributed by atoms with Crippen LogP contribution in [0.5, 0.6) is 0 Å². The number of benzene rings is 2. The Morgan fingerprint density at radius 1 is 0.906 bits per heavy atom. The first kappa shape index (κ1) is 22.9. The van der Waals surface area contributed by atoms with Crippen LogP contribution in [0.25, 0.3) is 0 Å². The van der Waals surface area contributed by atoms with E-state index in [9.17, 15) is 35.1 Å². The number of halogens is 1. The number of nitro benzene ring substituents is 3. The summed E-state index contributed by atoms with van der Waals surface area (Å²) in [5, 5.41) is 39.1. The van der Waals surface area contributed by atoms with Gasteiger partial charge >= 0.3 is 0 Å². The fourth-order valence-corrected chi connectivity index (χ4v) is 3.77. The zero-order valence-electron chi connectivity index (χ0n) is 16.6. The molecule has 1 aliphatic carbocycles. The van der Waals surface area contributed by atoms with E-state index in [4.69, 9.17) is 11.6 Å². The quantitative estimate of drug-likeness (QED) is 0.423. The third-order valence-corrected chi connectivity index (χ3v) is 5.43. The predicted molar refractivity (Wildman–Crippen MR) is 116 cm³/mol. The molecule has 32 heavy (non-hydrogen) atoms. The van der Waals surface area contributed by atoms with Crippen LogP contribution in [0.1, 0.15) is 42.5 Å². The molecule has 2 aromatic carbocycles. The lowest BCUT2D eigenvalue weighted by Crippen LogP contribution is -2.25. The number of carbonyl (C=O) groups excluding carboxylic acids is 1. The number of hydrogen-bond donors (Lipinski definition) is 2. The summed E-state index contributed by atoms with van der Waals surface area (Å²) in [7, 11) is 0. The molecule has 2 N–H and O–H groups in total. The maximum Gasteiger partial charge on any atom is 0.300 e. The van der Waals surface area contributed by atoms with Gasteiger partial charge in [-0.25, -0.2) is 0 Å². The van der Waals surface area contributed by atoms with Gasteiger partial charge in [-0.1, -0.05) is 30.9 Å². The highest BCUT2D eigenvalue weighted by molar-refractivity contribution is 6.34. The molecule has 0 aliphatic heterocycles. The van der Waals surface area contributed by atoms with E-state index in [0.29, 0.717) is 0 Å². The van der Waals surface area contributed by atoms with Gasteiger partial charge in [0.15, 0.2) is 0 Å². The number of rotatable bonds is 7. The number of nitrogens with zero attached hydrogens (tertiary/aromatic N) is 3. The number of nitro groups is 3. The summed E-state index contributed by atoms with van der Waals surface area (Å²) in [6, 6.07) is 5.00. The van der Waals surface area contributed by atoms with Crippen LogP contribution in [0.4, 0.5) is 28.4 Å². The van der Waals surface area contributed by atoms with Gasteiger partial charge in [-0.15, -0.1) is 0 Å². The topological polar surface area (TPSA) is 171 Å². The lowest BCUT2D eigenvalue weighted by Gasteiger charge is -2.24. The van der Waals surface area contributed by atoms with E-state index in [2.05, 4.69) is 10.6 Å². The summed E-state index contributed by atoms with van der Waals surface area (Å²) in [5.41, 5.74) is -1.91. The SMILES string of the molecule is O=C(Nc1ccc([N+](=O)[O-])cc1Cl)c1cc([N+](=O)[O-])cc([N+](=O)[O-])c1NC1CCCCC1. The molecule has 12 nitrogen and oxygen atoms in total. The minimum atomic E-state index is -0.883. The molecule has 13 heteroatoms. The lowest BCUT2D eigenvalue weighted by atomic mass is 9.94. The van der Waals surface area contributed by atoms with E-state index < -0.39 is 32.1 Å². The van der Waals surface area contributed by atoms with Crippen molar-refractivity contribution < 1.29 is 19.6 Å². The van der Waals surface area contributed by atoms with Crippen LogP contribution in [0.3, 0.4) is 0 Å². The third kappa shape index (κ3) is 5.09. The number of hydrogen-bond acceptors (Lipinski definition) is 8. The van der Waals surface area contributed by atoms with Crippen LogP contribution < -0.4 is 10.6 Å². The summed E-state index contributed by atoms with van der Waals surface area (Å²) in [4.78, 5) is 44.6. The number of anilines is 2. The van der Waals surface area contributed by atoms with Gasteiger partial charge in [-0.3, -0.25) is 35.1 Å². The highest BCUT2D eigenvalue weighted by Gasteiger charge is 2.30. The van der Waals surface area contributed by atoms with Gasteiger partial charge in [-0.05, 0) is 18.9 Å². The van der Waals surface area contributed by atoms with Gasteiger partial charge in [0.1, 0.15) is 5.69 Å². The average Bonchev–Trinajstić information content (AvgIpc) is 2.75. The average molecular weight is 464 g/mol. The second kappa shape index (κ2) is 9.56. The fraction of sp³-hybridized carbons (Fsp3) is 0.316. The molecule has 0 bridgehead atoms. The molecule has 0 atom stereocenters. The van der Waals surface area contributed by atoms with E-state index in [1.807, 2.05) is 0 Å². The molecule has 3 rings (SSSR count). The number of non-ortho nitro benzene ring substituents is 2. The van der Waals surface area contributed by atoms with Crippen LogP contribution in [-0.2, 0) is 0 Å². The van der Waals surface area contributed by atoms with E-state index in [-0.39, 0.29) is 33.7 Å². The molecule has 168 valence electrons. The second-order valence-corrected chi connectivity index (χ2v) is 7.66. The summed E-state index contributed by atoms with van der Waals surface area (Å²) in [6.07, 6.45) is 4.34. The number of amides is 1. The maximum atomic E-state index is 13.0. The molecule has 1 fully saturated rings. The first-order chi connectivity index (χ1) is 15.2. The molecule has 1 amide bonds. The van der Waals surface area contributed by atoms with E-state index in [1.165, 1.54) is 6.07 Å². The Bertz CT molecular complexity index is 1100. The van der Waals surface area contributed by atoms with Gasteiger partial charge in [0.25, 0.3) is 23.0 Å². The molecule has 0 unspecified atom stereocenters. The molecular weight excluding hydrogens is 446 g/mol. The van der Waals surface area contributed by atoms with Crippen molar-refractivity contribution in [3.8, 4) is 0 Å². The summed E-state index contributed by atoms with van der Waals surface area (Å²) in [5.74, 6) is -0.883. The summed E-state index contributed by atoms with van der Waals surface area (Å²) >= 11 is 6.01. The first-order valence-corrected chi connectivity index (χ1v) is 10.0. The van der Waals surface area contributed by atoms with Gasteiger partial charge < -0.3 is 10.6 Å². The minimum Gasteiger partial charge on any atom is -0.376 e. The Balaban J connectivity index is 2.03. The standard InChI is InChI=1S/C19H18ClN5O7/c20-15-9-12(23(27)28)6-7-16(15)22-19(26)14-8-13(24(29)30)10-17(25(31)32)18(14)21-11-4-2-1-3-5-11/h6-11,21H,1-5H2,(H,22,26). The van der Waals surface area contributed by atoms with Crippen molar-refractivity contribution in [3.05, 3.63) is 71.3 Å². The highest BCUT2D eigenvalue weighted by atomic mass is 35.5. The lowest BCUT2D eigenvalue weighted by molar-refractivity contribution is -0.393. The van der Waals surface area contributed by atoms with Crippen LogP contribution >= 0.6 is 11.6 Å². The van der Waals surface area contributed by atoms with Crippen molar-refractivity contribution >= 4 is 45.9 Å². The Labute approximate surface area is 186 Å². The van der Waals surface area contributed by atoms with Gasteiger partial charge in [0.05, 0.1) is 37.1 Å². The molecule has 0 radical (unpaired) electrons. The highest BCUT2D eigenvalue weighted by Crippen LogP contribution is 2.36. The molecule has 0 spiro atoms. The fourth-order valence-electron chi connectivity index (χ4n) is 3.55. The van der Waals surface area contributed by atoms with Crippen molar-refractivity contribution in [1.29, 1.82) is 0 Å². The molecular formula is C19H18ClN5O7. The predicted octanol–water partition coefficient (Wildman–Crippen LogP) is 5.06. The van der Waals surface area contributed by atoms with Crippen molar-refractivity contribution in [3.63, 3.8) is 0 Å². The van der Waals surface area contributed by atoms with Crippen molar-refractivity contribution in [2.75, 3.05) is 10.6 Å². The van der Waals surface area contributed by atoms with Crippen LogP contribution in [0.15, 0.2) is 30.3 Å². The second-order valence-electron chi connectivity index (χ2n) is 7.26. The Hall–Kier alpha value is -3.80. The monoisotopic (exact) mass is 463 g/mol. The molecule has 0 heterocycles. The van der Waals surface area contributed by atoms with E-state index in [0.717, 1.165) is 56.4 Å². The number of carbonyl (C=O) groups is 1. The normalized spacial score (nSPS) is 13.9. The first-order valence-electron chi connectivity index (χ1n) is 9.66. The Kier molecular flexibility index (Phi) is 6.83. The largest absolute Gasteiger partial charge is 0.376 e. The van der Waals surface area contributed by atoms with Crippen LogP contribution in [0, 0.1) is 30.3 Å². The maximum absolute atomic E-state index is 13.0. The van der Waals surface area contributed by atoms with Gasteiger partial charge in [0.2, 0.25) is 0 Å². The molecule has 2 aromatic rings. The zero-order chi connectivity index (χ0) is 23.4. The third-order valence-electron chi connectivity index (χ3n) is 5.12. The van der Waals surface area contributed by atoms with Crippen LogP contribution in [-0.4, -0.2) is 26.7 Å². The van der Waals surface area contributed by atoms with Gasteiger partial charge in [-0.2, -0.15) is 0 Å². The van der Waals surface area contributed by atoms with E-state index >= 15 is 0 Å². The molecule has 0 aromatic heterocycles. The minimum absolute atomic E-state index is 0.0139. The zero-order valence-corrected chi connectivity index (χ0v) is 17.3. The summed E-state index contributed by atoms with van der Waals surface area (Å²) in [6.45, 7) is 0. The van der Waals surface area contributed by atoms with Crippen molar-refractivity contribution in [1.82, 2.24) is 0 Å². The van der Waals surface area contributed by atoms with E-state index in [1.54, 1.807) is 0 Å². The molecule has 1 saturated carbocycles. The smallest absolute Gasteiger partial charge is 0.300 e. The van der Waals surface area contributed by atoms with Crippen molar-refractivity contribution in [2.45, 2.75) is 38.1 Å². The Morgan fingerprint density at radius 2 is 1.56 bits per heavy atom. The van der Waals surface area contributed by atoms with Gasteiger partial charge in [0, 0.05) is 24.2 Å². The van der Waals surface area contributed by atoms with Crippen molar-refractivity contribution in [2.24, 2.45) is 0 Å². The molecule has 0 saturated heterocycles.